The van der Waals surface area contributed by atoms with Crippen LogP contribution in [0.1, 0.15) is 11.5 Å². The van der Waals surface area contributed by atoms with Gasteiger partial charge in [0.1, 0.15) is 0 Å². The average molecular weight is 402 g/mol. The number of H-pyrrole nitrogens is 1. The monoisotopic (exact) mass is 401 g/mol. The van der Waals surface area contributed by atoms with Crippen molar-refractivity contribution in [1.82, 2.24) is 10.3 Å². The smallest absolute Gasteiger partial charge is 0.255 e. The van der Waals surface area contributed by atoms with Crippen molar-refractivity contribution in [3.63, 3.8) is 0 Å². The predicted molar refractivity (Wildman–Crippen MR) is 109 cm³/mol. The Bertz CT molecular complexity index is 1060. The van der Waals surface area contributed by atoms with Crippen LogP contribution in [0.3, 0.4) is 0 Å². The number of fused-ring (bicyclic) bond motifs is 1. The summed E-state index contributed by atoms with van der Waals surface area (Å²) in [5.74, 6) is -0.271. The maximum Gasteiger partial charge on any atom is 0.255 e. The minimum atomic E-state index is -0.225. The van der Waals surface area contributed by atoms with Gasteiger partial charge < -0.3 is 15.6 Å². The fourth-order valence-corrected chi connectivity index (χ4v) is 3.88. The molecule has 2 atom stereocenters. The van der Waals surface area contributed by atoms with Gasteiger partial charge in [-0.1, -0.05) is 35.3 Å². The molecule has 1 unspecified atom stereocenters. The summed E-state index contributed by atoms with van der Waals surface area (Å²) in [6.45, 7) is 1.31. The van der Waals surface area contributed by atoms with Crippen LogP contribution < -0.4 is 16.2 Å². The second-order valence-electron chi connectivity index (χ2n) is 6.64. The Hall–Kier alpha value is -2.34. The average Bonchev–Trinajstić information content (AvgIpc) is 3.14. The standard InChI is InChI=1S/C20H17Cl2N3O2/c21-13-3-1-11(2-4-13)15-9-23-10-16(15)20(27)25-18-7-12-5-6-24-19(26)14(12)8-17(18)22/h1-8,15-16,23H,9-10H2,(H,24,26)(H,25,27)/t15-,16?/m1/s1. The van der Waals surface area contributed by atoms with Crippen molar-refractivity contribution in [3.05, 3.63) is 74.6 Å². The summed E-state index contributed by atoms with van der Waals surface area (Å²) >= 11 is 12.3. The number of aromatic nitrogens is 1. The van der Waals surface area contributed by atoms with Gasteiger partial charge in [0.25, 0.3) is 5.56 Å². The van der Waals surface area contributed by atoms with Crippen molar-refractivity contribution in [3.8, 4) is 0 Å². The van der Waals surface area contributed by atoms with Gasteiger partial charge in [-0.3, -0.25) is 9.59 Å². The summed E-state index contributed by atoms with van der Waals surface area (Å²) in [6.07, 6.45) is 1.57. The summed E-state index contributed by atoms with van der Waals surface area (Å²) < 4.78 is 0. The number of benzene rings is 2. The van der Waals surface area contributed by atoms with Crippen LogP contribution in [-0.4, -0.2) is 24.0 Å². The van der Waals surface area contributed by atoms with Crippen LogP contribution in [-0.2, 0) is 4.79 Å². The molecule has 2 heterocycles. The Kier molecular flexibility index (Phi) is 4.91. The second kappa shape index (κ2) is 7.35. The van der Waals surface area contributed by atoms with E-state index in [2.05, 4.69) is 15.6 Å². The summed E-state index contributed by atoms with van der Waals surface area (Å²) in [5, 5.41) is 8.42. The molecule has 1 aliphatic rings. The number of amides is 1. The lowest BCUT2D eigenvalue weighted by Crippen LogP contribution is -2.28. The molecule has 0 bridgehead atoms. The van der Waals surface area contributed by atoms with Crippen molar-refractivity contribution in [1.29, 1.82) is 0 Å². The van der Waals surface area contributed by atoms with E-state index < -0.39 is 0 Å². The van der Waals surface area contributed by atoms with Crippen molar-refractivity contribution in [2.45, 2.75) is 5.92 Å². The fraction of sp³-hybridized carbons (Fsp3) is 0.200. The first kappa shape index (κ1) is 18.0. The van der Waals surface area contributed by atoms with Gasteiger partial charge in [-0.05, 0) is 41.3 Å². The van der Waals surface area contributed by atoms with Crippen LogP contribution in [0.25, 0.3) is 10.8 Å². The van der Waals surface area contributed by atoms with Gasteiger partial charge in [-0.2, -0.15) is 0 Å². The molecule has 1 saturated heterocycles. The van der Waals surface area contributed by atoms with E-state index in [1.807, 2.05) is 24.3 Å². The molecule has 4 rings (SSSR count). The Morgan fingerprint density at radius 1 is 1.07 bits per heavy atom. The van der Waals surface area contributed by atoms with Crippen LogP contribution in [0, 0.1) is 5.92 Å². The highest BCUT2D eigenvalue weighted by Crippen LogP contribution is 2.32. The van der Waals surface area contributed by atoms with Gasteiger partial charge in [0, 0.05) is 35.6 Å². The summed E-state index contributed by atoms with van der Waals surface area (Å²) in [6, 6.07) is 12.7. The SMILES string of the molecule is O=C(Nc1cc2cc[nH]c(=O)c2cc1Cl)C1CNC[C@@H]1c1ccc(Cl)cc1. The molecule has 1 aromatic heterocycles. The van der Waals surface area contributed by atoms with Gasteiger partial charge >= 0.3 is 0 Å². The zero-order valence-electron chi connectivity index (χ0n) is 14.3. The van der Waals surface area contributed by atoms with Gasteiger partial charge in [0.05, 0.1) is 16.6 Å². The predicted octanol–water partition coefficient (Wildman–Crippen LogP) is 3.78. The molecule has 0 radical (unpaired) electrons. The zero-order valence-corrected chi connectivity index (χ0v) is 15.8. The van der Waals surface area contributed by atoms with Crippen LogP contribution in [0.15, 0.2) is 53.5 Å². The van der Waals surface area contributed by atoms with Gasteiger partial charge in [0.2, 0.25) is 5.91 Å². The number of nitrogens with one attached hydrogen (secondary N) is 3. The maximum atomic E-state index is 12.9. The lowest BCUT2D eigenvalue weighted by Gasteiger charge is -2.19. The third-order valence-corrected chi connectivity index (χ3v) is 5.53. The van der Waals surface area contributed by atoms with E-state index >= 15 is 0 Å². The number of aromatic amines is 1. The van der Waals surface area contributed by atoms with E-state index in [1.165, 1.54) is 0 Å². The number of hydrogen-bond donors (Lipinski definition) is 3. The molecule has 27 heavy (non-hydrogen) atoms. The van der Waals surface area contributed by atoms with Crippen LogP contribution >= 0.6 is 23.2 Å². The van der Waals surface area contributed by atoms with E-state index in [4.69, 9.17) is 23.2 Å². The number of pyridine rings is 1. The molecule has 7 heteroatoms. The van der Waals surface area contributed by atoms with Gasteiger partial charge in [-0.15, -0.1) is 0 Å². The molecule has 1 fully saturated rings. The molecule has 0 saturated carbocycles. The van der Waals surface area contributed by atoms with Crippen molar-refractivity contribution in [2.75, 3.05) is 18.4 Å². The number of carbonyl (C=O) groups excluding carboxylic acids is 1. The first-order chi connectivity index (χ1) is 13.0. The van der Waals surface area contributed by atoms with E-state index in [9.17, 15) is 9.59 Å². The number of hydrogen-bond acceptors (Lipinski definition) is 3. The summed E-state index contributed by atoms with van der Waals surface area (Å²) in [7, 11) is 0. The summed E-state index contributed by atoms with van der Waals surface area (Å²) in [4.78, 5) is 27.4. The lowest BCUT2D eigenvalue weighted by molar-refractivity contribution is -0.119. The largest absolute Gasteiger partial charge is 0.329 e. The number of rotatable bonds is 3. The molecule has 138 valence electrons. The highest BCUT2D eigenvalue weighted by Gasteiger charge is 2.34. The van der Waals surface area contributed by atoms with Crippen LogP contribution in [0.5, 0.6) is 0 Å². The topological polar surface area (TPSA) is 74.0 Å². The molecule has 2 aromatic carbocycles. The molecular formula is C20H17Cl2N3O2. The lowest BCUT2D eigenvalue weighted by atomic mass is 9.88. The van der Waals surface area contributed by atoms with Crippen LogP contribution in [0.2, 0.25) is 10.0 Å². The molecule has 3 aromatic rings. The van der Waals surface area contributed by atoms with Crippen molar-refractivity contribution >= 4 is 45.6 Å². The first-order valence-electron chi connectivity index (χ1n) is 8.61. The third kappa shape index (κ3) is 3.58. The number of anilines is 1. The number of carbonyl (C=O) groups is 1. The summed E-state index contributed by atoms with van der Waals surface area (Å²) in [5.41, 5.74) is 1.36. The molecule has 1 aliphatic heterocycles. The van der Waals surface area contributed by atoms with Gasteiger partial charge in [0.15, 0.2) is 0 Å². The van der Waals surface area contributed by atoms with Crippen LogP contribution in [0.4, 0.5) is 5.69 Å². The zero-order chi connectivity index (χ0) is 19.0. The molecule has 0 aliphatic carbocycles. The van der Waals surface area contributed by atoms with E-state index in [1.54, 1.807) is 24.4 Å². The Morgan fingerprint density at radius 2 is 1.85 bits per heavy atom. The minimum Gasteiger partial charge on any atom is -0.329 e. The van der Waals surface area contributed by atoms with Gasteiger partial charge in [-0.25, -0.2) is 0 Å². The molecule has 3 N–H and O–H groups in total. The number of halogens is 2. The molecular weight excluding hydrogens is 385 g/mol. The van der Waals surface area contributed by atoms with Crippen molar-refractivity contribution < 1.29 is 4.79 Å². The molecule has 0 spiro atoms. The Morgan fingerprint density at radius 3 is 2.63 bits per heavy atom. The van der Waals surface area contributed by atoms with E-state index in [0.717, 1.165) is 17.5 Å². The quantitative estimate of drug-likeness (QED) is 0.625. The van der Waals surface area contributed by atoms with E-state index in [0.29, 0.717) is 27.7 Å². The normalized spacial score (nSPS) is 19.3. The van der Waals surface area contributed by atoms with Crippen molar-refractivity contribution in [2.24, 2.45) is 5.92 Å². The minimum absolute atomic E-state index is 0.0596. The molecule has 1 amide bonds. The first-order valence-corrected chi connectivity index (χ1v) is 9.36. The Labute approximate surface area is 165 Å². The Balaban J connectivity index is 1.60. The highest BCUT2D eigenvalue weighted by molar-refractivity contribution is 6.34. The molecule has 5 nitrogen and oxygen atoms in total. The fourth-order valence-electron chi connectivity index (χ4n) is 3.55. The maximum absolute atomic E-state index is 12.9. The highest BCUT2D eigenvalue weighted by atomic mass is 35.5. The third-order valence-electron chi connectivity index (χ3n) is 4.97. The van der Waals surface area contributed by atoms with E-state index in [-0.39, 0.29) is 23.3 Å². The second-order valence-corrected chi connectivity index (χ2v) is 7.48.